The van der Waals surface area contributed by atoms with Crippen molar-refractivity contribution in [1.29, 1.82) is 0 Å². The van der Waals surface area contributed by atoms with Crippen LogP contribution in [-0.2, 0) is 16.0 Å². The molecule has 108 valence electrons. The van der Waals surface area contributed by atoms with Gasteiger partial charge in [0, 0.05) is 6.42 Å². The summed E-state index contributed by atoms with van der Waals surface area (Å²) >= 11 is 0. The first-order valence-electron chi connectivity index (χ1n) is 7.01. The molecular weight excluding hydrogens is 254 g/mol. The zero-order chi connectivity index (χ0) is 14.7. The molecule has 4 nitrogen and oxygen atoms in total. The fourth-order valence-corrected chi connectivity index (χ4v) is 2.48. The van der Waals surface area contributed by atoms with Crippen molar-refractivity contribution in [3.8, 4) is 0 Å². The zero-order valence-corrected chi connectivity index (χ0v) is 12.3. The molecule has 0 bridgehead atoms. The molecule has 0 unspecified atom stereocenters. The summed E-state index contributed by atoms with van der Waals surface area (Å²) in [6.45, 7) is 6.25. The van der Waals surface area contributed by atoms with Gasteiger partial charge in [-0.25, -0.2) is 9.69 Å². The zero-order valence-electron chi connectivity index (χ0n) is 12.3. The minimum atomic E-state index is -0.506. The van der Waals surface area contributed by atoms with Crippen molar-refractivity contribution in [2.24, 2.45) is 5.92 Å². The molecule has 1 heterocycles. The molecule has 0 radical (unpaired) electrons. The molecule has 1 aromatic carbocycles. The van der Waals surface area contributed by atoms with Gasteiger partial charge in [0.2, 0.25) is 5.91 Å². The Balaban J connectivity index is 2.10. The lowest BCUT2D eigenvalue weighted by molar-refractivity contribution is -0.129. The number of carbonyl (C=O) groups excluding carboxylic acids is 2. The highest BCUT2D eigenvalue weighted by Crippen LogP contribution is 2.20. The smallest absolute Gasteiger partial charge is 0.416 e. The number of amides is 2. The predicted molar refractivity (Wildman–Crippen MR) is 76.3 cm³/mol. The first-order valence-corrected chi connectivity index (χ1v) is 7.01. The summed E-state index contributed by atoms with van der Waals surface area (Å²) in [5, 5.41) is 0. The number of benzene rings is 1. The number of hydrogen-bond acceptors (Lipinski definition) is 3. The van der Waals surface area contributed by atoms with Crippen LogP contribution in [0, 0.1) is 12.8 Å². The topological polar surface area (TPSA) is 46.6 Å². The minimum Gasteiger partial charge on any atom is -0.447 e. The Hall–Kier alpha value is -1.84. The lowest BCUT2D eigenvalue weighted by Crippen LogP contribution is -2.40. The first-order chi connectivity index (χ1) is 9.47. The summed E-state index contributed by atoms with van der Waals surface area (Å²) in [7, 11) is 0. The van der Waals surface area contributed by atoms with Crippen LogP contribution in [0.25, 0.3) is 0 Å². The van der Waals surface area contributed by atoms with E-state index in [0.717, 1.165) is 5.56 Å². The molecular formula is C16H21NO3. The molecule has 1 aromatic rings. The highest BCUT2D eigenvalue weighted by atomic mass is 16.6. The molecule has 20 heavy (non-hydrogen) atoms. The maximum atomic E-state index is 12.2. The lowest BCUT2D eigenvalue weighted by Gasteiger charge is -2.20. The minimum absolute atomic E-state index is 0.139. The maximum Gasteiger partial charge on any atom is 0.416 e. The summed E-state index contributed by atoms with van der Waals surface area (Å²) in [5.74, 6) is 0.0932. The molecule has 1 atom stereocenters. The van der Waals surface area contributed by atoms with Gasteiger partial charge in [-0.3, -0.25) is 4.79 Å². The second-order valence-electron chi connectivity index (χ2n) is 5.79. The second-order valence-corrected chi connectivity index (χ2v) is 5.79. The van der Waals surface area contributed by atoms with Crippen LogP contribution < -0.4 is 0 Å². The summed E-state index contributed by atoms with van der Waals surface area (Å²) in [4.78, 5) is 25.2. The molecule has 2 amide bonds. The molecule has 0 spiro atoms. The van der Waals surface area contributed by atoms with E-state index in [4.69, 9.17) is 4.74 Å². The maximum absolute atomic E-state index is 12.2. The predicted octanol–water partition coefficient (Wildman–Crippen LogP) is 2.93. The molecule has 2 rings (SSSR count). The molecule has 0 aliphatic carbocycles. The molecule has 0 N–H and O–H groups in total. The fraction of sp³-hybridized carbons (Fsp3) is 0.500. The van der Waals surface area contributed by atoms with E-state index < -0.39 is 6.09 Å². The van der Waals surface area contributed by atoms with E-state index in [0.29, 0.717) is 12.8 Å². The standard InChI is InChI=1S/C16H21NO3/c1-11(2)7-15(18)17-14(10-20-16(17)19)9-13-6-4-5-12(3)8-13/h4-6,8,11,14H,7,9-10H2,1-3H3/t14-/m0/s1. The fourth-order valence-electron chi connectivity index (χ4n) is 2.48. The van der Waals surface area contributed by atoms with E-state index in [9.17, 15) is 9.59 Å². The van der Waals surface area contributed by atoms with E-state index in [-0.39, 0.29) is 24.5 Å². The van der Waals surface area contributed by atoms with Gasteiger partial charge in [-0.15, -0.1) is 0 Å². The van der Waals surface area contributed by atoms with Crippen LogP contribution >= 0.6 is 0 Å². The highest BCUT2D eigenvalue weighted by molar-refractivity contribution is 5.93. The average molecular weight is 275 g/mol. The number of rotatable bonds is 4. The number of imide groups is 1. The van der Waals surface area contributed by atoms with Gasteiger partial charge in [0.25, 0.3) is 0 Å². The average Bonchev–Trinajstić information content (AvgIpc) is 2.69. The van der Waals surface area contributed by atoms with E-state index in [2.05, 4.69) is 6.07 Å². The number of carbonyl (C=O) groups is 2. The number of hydrogen-bond donors (Lipinski definition) is 0. The first kappa shape index (κ1) is 14.6. The van der Waals surface area contributed by atoms with Crippen LogP contribution in [0.3, 0.4) is 0 Å². The largest absolute Gasteiger partial charge is 0.447 e. The Bertz CT molecular complexity index is 510. The van der Waals surface area contributed by atoms with Crippen molar-refractivity contribution < 1.29 is 14.3 Å². The van der Waals surface area contributed by atoms with Gasteiger partial charge >= 0.3 is 6.09 Å². The van der Waals surface area contributed by atoms with Crippen molar-refractivity contribution in [1.82, 2.24) is 4.90 Å². The Morgan fingerprint density at radius 2 is 2.20 bits per heavy atom. The molecule has 1 fully saturated rings. The van der Waals surface area contributed by atoms with Crippen molar-refractivity contribution in [3.05, 3.63) is 35.4 Å². The Labute approximate surface area is 119 Å². The van der Waals surface area contributed by atoms with Crippen LogP contribution in [0.5, 0.6) is 0 Å². The van der Waals surface area contributed by atoms with Gasteiger partial charge in [-0.1, -0.05) is 43.7 Å². The van der Waals surface area contributed by atoms with Gasteiger partial charge in [0.05, 0.1) is 6.04 Å². The summed E-state index contributed by atoms with van der Waals surface area (Å²) in [5.41, 5.74) is 2.29. The third-order valence-corrected chi connectivity index (χ3v) is 3.37. The SMILES string of the molecule is Cc1cccc(C[C@H]2COC(=O)N2C(=O)CC(C)C)c1. The van der Waals surface area contributed by atoms with Crippen LogP contribution in [0.1, 0.15) is 31.4 Å². The van der Waals surface area contributed by atoms with Gasteiger partial charge in [-0.2, -0.15) is 0 Å². The van der Waals surface area contributed by atoms with E-state index in [1.54, 1.807) is 0 Å². The summed E-state index contributed by atoms with van der Waals surface area (Å²) < 4.78 is 5.05. The molecule has 1 aliphatic rings. The van der Waals surface area contributed by atoms with E-state index in [1.165, 1.54) is 10.5 Å². The molecule has 0 saturated carbocycles. The molecule has 0 aromatic heterocycles. The van der Waals surface area contributed by atoms with Crippen LogP contribution in [0.4, 0.5) is 4.79 Å². The third-order valence-electron chi connectivity index (χ3n) is 3.37. The quantitative estimate of drug-likeness (QED) is 0.848. The van der Waals surface area contributed by atoms with Crippen LogP contribution in [0.2, 0.25) is 0 Å². The van der Waals surface area contributed by atoms with Gasteiger partial charge in [0.15, 0.2) is 0 Å². The number of ether oxygens (including phenoxy) is 1. The number of cyclic esters (lactones) is 1. The Morgan fingerprint density at radius 3 is 2.85 bits per heavy atom. The molecule has 1 saturated heterocycles. The van der Waals surface area contributed by atoms with Gasteiger partial charge in [-0.05, 0) is 24.8 Å². The van der Waals surface area contributed by atoms with Crippen molar-refractivity contribution in [3.63, 3.8) is 0 Å². The Kier molecular flexibility index (Phi) is 4.42. The third kappa shape index (κ3) is 3.38. The van der Waals surface area contributed by atoms with Crippen molar-refractivity contribution in [2.45, 2.75) is 39.7 Å². The van der Waals surface area contributed by atoms with E-state index >= 15 is 0 Å². The Morgan fingerprint density at radius 1 is 1.45 bits per heavy atom. The van der Waals surface area contributed by atoms with Crippen LogP contribution in [-0.4, -0.2) is 29.5 Å². The van der Waals surface area contributed by atoms with E-state index in [1.807, 2.05) is 39.0 Å². The van der Waals surface area contributed by atoms with Crippen molar-refractivity contribution >= 4 is 12.0 Å². The van der Waals surface area contributed by atoms with Gasteiger partial charge < -0.3 is 4.74 Å². The monoisotopic (exact) mass is 275 g/mol. The summed E-state index contributed by atoms with van der Waals surface area (Å²) in [6, 6.07) is 7.93. The second kappa shape index (κ2) is 6.07. The van der Waals surface area contributed by atoms with Gasteiger partial charge in [0.1, 0.15) is 6.61 Å². The number of nitrogens with zero attached hydrogens (tertiary/aromatic N) is 1. The lowest BCUT2D eigenvalue weighted by atomic mass is 10.0. The normalized spacial score (nSPS) is 18.5. The molecule has 4 heteroatoms. The number of aryl methyl sites for hydroxylation is 1. The summed E-state index contributed by atoms with van der Waals surface area (Å²) in [6.07, 6.45) is 0.518. The molecule has 1 aliphatic heterocycles. The van der Waals surface area contributed by atoms with Crippen molar-refractivity contribution in [2.75, 3.05) is 6.61 Å². The highest BCUT2D eigenvalue weighted by Gasteiger charge is 2.37. The van der Waals surface area contributed by atoms with Crippen LogP contribution in [0.15, 0.2) is 24.3 Å².